The van der Waals surface area contributed by atoms with Crippen molar-refractivity contribution < 1.29 is 9.53 Å². The standard InChI is InChI=1S/C20H19ClN2O2S/c1-12-4-6-16(13(2)8-12)17-11-26-20(22-17)23-19(24)10-25-18-7-5-15(21)9-14(18)3/h4-9,11H,10H2,1-3H3,(H,22,23,24). The van der Waals surface area contributed by atoms with Gasteiger partial charge in [-0.05, 0) is 50.1 Å². The molecule has 0 radical (unpaired) electrons. The number of ether oxygens (including phenoxy) is 1. The molecule has 3 rings (SSSR count). The number of benzene rings is 2. The van der Waals surface area contributed by atoms with Gasteiger partial charge in [-0.15, -0.1) is 11.3 Å². The Balaban J connectivity index is 1.62. The molecule has 0 fully saturated rings. The monoisotopic (exact) mass is 386 g/mol. The van der Waals surface area contributed by atoms with E-state index in [1.54, 1.807) is 18.2 Å². The van der Waals surface area contributed by atoms with E-state index in [2.05, 4.69) is 42.3 Å². The summed E-state index contributed by atoms with van der Waals surface area (Å²) < 4.78 is 5.56. The van der Waals surface area contributed by atoms with Crippen LogP contribution in [-0.4, -0.2) is 17.5 Å². The molecule has 1 heterocycles. The number of nitrogens with one attached hydrogen (secondary N) is 1. The summed E-state index contributed by atoms with van der Waals surface area (Å²) in [6, 6.07) is 11.5. The van der Waals surface area contributed by atoms with Gasteiger partial charge in [0.25, 0.3) is 5.91 Å². The Kier molecular flexibility index (Phi) is 5.59. The third-order valence-corrected chi connectivity index (χ3v) is 4.90. The fourth-order valence-corrected chi connectivity index (χ4v) is 3.58. The van der Waals surface area contributed by atoms with E-state index in [1.807, 2.05) is 12.3 Å². The molecule has 2 aromatic carbocycles. The first-order valence-electron chi connectivity index (χ1n) is 8.14. The van der Waals surface area contributed by atoms with Crippen molar-refractivity contribution in [2.75, 3.05) is 11.9 Å². The molecule has 1 amide bonds. The zero-order valence-electron chi connectivity index (χ0n) is 14.8. The summed E-state index contributed by atoms with van der Waals surface area (Å²) in [5.74, 6) is 0.389. The fourth-order valence-electron chi connectivity index (χ4n) is 2.63. The Labute approximate surface area is 161 Å². The Morgan fingerprint density at radius 2 is 1.96 bits per heavy atom. The van der Waals surface area contributed by atoms with E-state index < -0.39 is 0 Å². The van der Waals surface area contributed by atoms with Gasteiger partial charge in [-0.3, -0.25) is 10.1 Å². The second-order valence-corrected chi connectivity index (χ2v) is 7.40. The number of hydrogen-bond donors (Lipinski definition) is 1. The van der Waals surface area contributed by atoms with Crippen molar-refractivity contribution in [3.63, 3.8) is 0 Å². The van der Waals surface area contributed by atoms with Gasteiger partial charge in [-0.2, -0.15) is 0 Å². The molecule has 26 heavy (non-hydrogen) atoms. The topological polar surface area (TPSA) is 51.2 Å². The van der Waals surface area contributed by atoms with Crippen molar-refractivity contribution in [2.45, 2.75) is 20.8 Å². The number of rotatable bonds is 5. The molecule has 0 saturated carbocycles. The van der Waals surface area contributed by atoms with Crippen LogP contribution in [-0.2, 0) is 4.79 Å². The Morgan fingerprint density at radius 1 is 1.15 bits per heavy atom. The number of carbonyl (C=O) groups is 1. The smallest absolute Gasteiger partial charge is 0.264 e. The minimum Gasteiger partial charge on any atom is -0.483 e. The van der Waals surface area contributed by atoms with Crippen LogP contribution in [0, 0.1) is 20.8 Å². The number of carbonyl (C=O) groups excluding carboxylic acids is 1. The van der Waals surface area contributed by atoms with Crippen LogP contribution in [0.2, 0.25) is 5.02 Å². The lowest BCUT2D eigenvalue weighted by Gasteiger charge is -2.08. The van der Waals surface area contributed by atoms with Crippen LogP contribution in [0.4, 0.5) is 5.13 Å². The SMILES string of the molecule is Cc1ccc(-c2csc(NC(=O)COc3ccc(Cl)cc3C)n2)c(C)c1. The van der Waals surface area contributed by atoms with Crippen molar-refractivity contribution in [1.82, 2.24) is 4.98 Å². The number of aryl methyl sites for hydroxylation is 3. The molecule has 4 nitrogen and oxygen atoms in total. The Morgan fingerprint density at radius 3 is 2.69 bits per heavy atom. The van der Waals surface area contributed by atoms with E-state index in [4.69, 9.17) is 16.3 Å². The van der Waals surface area contributed by atoms with E-state index in [9.17, 15) is 4.79 Å². The molecule has 0 saturated heterocycles. The number of hydrogen-bond acceptors (Lipinski definition) is 4. The predicted molar refractivity (Wildman–Crippen MR) is 107 cm³/mol. The first kappa shape index (κ1) is 18.4. The van der Waals surface area contributed by atoms with Gasteiger partial charge in [0, 0.05) is 16.0 Å². The summed E-state index contributed by atoms with van der Waals surface area (Å²) in [6.45, 7) is 5.92. The van der Waals surface area contributed by atoms with Gasteiger partial charge in [0.15, 0.2) is 11.7 Å². The lowest BCUT2D eigenvalue weighted by Crippen LogP contribution is -2.20. The van der Waals surface area contributed by atoms with Crippen LogP contribution in [0.1, 0.15) is 16.7 Å². The molecular weight excluding hydrogens is 368 g/mol. The van der Waals surface area contributed by atoms with Gasteiger partial charge < -0.3 is 4.74 Å². The highest BCUT2D eigenvalue weighted by Crippen LogP contribution is 2.28. The molecule has 0 spiro atoms. The zero-order valence-corrected chi connectivity index (χ0v) is 16.4. The van der Waals surface area contributed by atoms with Gasteiger partial charge >= 0.3 is 0 Å². The van der Waals surface area contributed by atoms with Gasteiger partial charge in [-0.1, -0.05) is 35.4 Å². The maximum atomic E-state index is 12.1. The third-order valence-electron chi connectivity index (χ3n) is 3.90. The van der Waals surface area contributed by atoms with E-state index in [0.717, 1.165) is 22.4 Å². The Bertz CT molecular complexity index is 953. The van der Waals surface area contributed by atoms with Gasteiger partial charge in [0.1, 0.15) is 5.75 Å². The molecular formula is C20H19ClN2O2S. The van der Waals surface area contributed by atoms with Crippen LogP contribution in [0.15, 0.2) is 41.8 Å². The summed E-state index contributed by atoms with van der Waals surface area (Å²) in [5, 5.41) is 5.92. The highest BCUT2D eigenvalue weighted by Gasteiger charge is 2.11. The average Bonchev–Trinajstić information content (AvgIpc) is 3.02. The van der Waals surface area contributed by atoms with E-state index in [1.165, 1.54) is 16.9 Å². The average molecular weight is 387 g/mol. The number of amides is 1. The lowest BCUT2D eigenvalue weighted by atomic mass is 10.0. The van der Waals surface area contributed by atoms with Crippen LogP contribution in [0.25, 0.3) is 11.3 Å². The number of halogens is 1. The summed E-state index contributed by atoms with van der Waals surface area (Å²) in [5.41, 5.74) is 5.19. The molecule has 0 unspecified atom stereocenters. The maximum Gasteiger partial charge on any atom is 0.264 e. The normalized spacial score (nSPS) is 10.6. The number of thiazole rings is 1. The number of anilines is 1. The van der Waals surface area contributed by atoms with Crippen LogP contribution >= 0.6 is 22.9 Å². The van der Waals surface area contributed by atoms with E-state index >= 15 is 0 Å². The van der Waals surface area contributed by atoms with Gasteiger partial charge in [0.2, 0.25) is 0 Å². The van der Waals surface area contributed by atoms with E-state index in [0.29, 0.717) is 15.9 Å². The molecule has 3 aromatic rings. The fraction of sp³-hybridized carbons (Fsp3) is 0.200. The molecule has 1 N–H and O–H groups in total. The largest absolute Gasteiger partial charge is 0.483 e. The molecule has 1 aromatic heterocycles. The predicted octanol–water partition coefficient (Wildman–Crippen LogP) is 5.41. The molecule has 0 atom stereocenters. The van der Waals surface area contributed by atoms with E-state index in [-0.39, 0.29) is 12.5 Å². The third kappa shape index (κ3) is 4.42. The minimum absolute atomic E-state index is 0.0824. The first-order valence-corrected chi connectivity index (χ1v) is 9.40. The molecule has 0 aliphatic rings. The van der Waals surface area contributed by atoms with Crippen LogP contribution < -0.4 is 10.1 Å². The van der Waals surface area contributed by atoms with Crippen molar-refractivity contribution in [2.24, 2.45) is 0 Å². The van der Waals surface area contributed by atoms with Crippen molar-refractivity contribution in [1.29, 1.82) is 0 Å². The quantitative estimate of drug-likeness (QED) is 0.638. The van der Waals surface area contributed by atoms with Gasteiger partial charge in [0.05, 0.1) is 5.69 Å². The van der Waals surface area contributed by atoms with Crippen LogP contribution in [0.5, 0.6) is 5.75 Å². The maximum absolute atomic E-state index is 12.1. The van der Waals surface area contributed by atoms with Gasteiger partial charge in [-0.25, -0.2) is 4.98 Å². The molecule has 0 aliphatic carbocycles. The molecule has 0 aliphatic heterocycles. The highest BCUT2D eigenvalue weighted by atomic mass is 35.5. The number of aromatic nitrogens is 1. The minimum atomic E-state index is -0.249. The second kappa shape index (κ2) is 7.89. The zero-order chi connectivity index (χ0) is 18.7. The van der Waals surface area contributed by atoms with Crippen LogP contribution in [0.3, 0.4) is 0 Å². The summed E-state index contributed by atoms with van der Waals surface area (Å²) >= 11 is 7.31. The highest BCUT2D eigenvalue weighted by molar-refractivity contribution is 7.14. The lowest BCUT2D eigenvalue weighted by molar-refractivity contribution is -0.118. The summed E-state index contributed by atoms with van der Waals surface area (Å²) in [6.07, 6.45) is 0. The molecule has 0 bridgehead atoms. The summed E-state index contributed by atoms with van der Waals surface area (Å²) in [7, 11) is 0. The second-order valence-electron chi connectivity index (χ2n) is 6.10. The molecule has 134 valence electrons. The van der Waals surface area contributed by atoms with Crippen molar-refractivity contribution >= 4 is 34.0 Å². The van der Waals surface area contributed by atoms with Crippen molar-refractivity contribution in [3.05, 3.63) is 63.5 Å². The molecule has 6 heteroatoms. The summed E-state index contributed by atoms with van der Waals surface area (Å²) in [4.78, 5) is 16.6. The van der Waals surface area contributed by atoms with Crippen molar-refractivity contribution in [3.8, 4) is 17.0 Å². The first-order chi connectivity index (χ1) is 12.4. The number of nitrogens with zero attached hydrogens (tertiary/aromatic N) is 1. The Hall–Kier alpha value is -2.37.